The van der Waals surface area contributed by atoms with Gasteiger partial charge in [-0.25, -0.2) is 9.59 Å². The van der Waals surface area contributed by atoms with Crippen molar-refractivity contribution in [2.45, 2.75) is 17.9 Å². The van der Waals surface area contributed by atoms with Crippen LogP contribution < -0.4 is 10.6 Å². The fraction of sp³-hybridized carbons (Fsp3) is 0.280. The number of carbonyl (C=O) groups excluding carboxylic acids is 2. The van der Waals surface area contributed by atoms with Crippen LogP contribution in [0.25, 0.3) is 11.1 Å². The van der Waals surface area contributed by atoms with Crippen molar-refractivity contribution in [3.63, 3.8) is 0 Å². The number of amides is 2. The van der Waals surface area contributed by atoms with Crippen LogP contribution in [0.15, 0.2) is 54.7 Å². The lowest BCUT2D eigenvalue weighted by Gasteiger charge is -2.27. The normalized spacial score (nSPS) is 18.5. The smallest absolute Gasteiger partial charge is 0.408 e. The van der Waals surface area contributed by atoms with Gasteiger partial charge < -0.3 is 25.2 Å². The van der Waals surface area contributed by atoms with E-state index in [2.05, 4.69) is 15.7 Å². The van der Waals surface area contributed by atoms with Gasteiger partial charge in [-0.2, -0.15) is 5.10 Å². The number of aryl methyl sites for hydroxylation is 1. The highest BCUT2D eigenvalue weighted by Crippen LogP contribution is 2.44. The molecule has 10 nitrogen and oxygen atoms in total. The third-order valence-corrected chi connectivity index (χ3v) is 6.42. The van der Waals surface area contributed by atoms with Crippen molar-refractivity contribution in [1.29, 1.82) is 0 Å². The van der Waals surface area contributed by atoms with Gasteiger partial charge in [0.05, 0.1) is 12.3 Å². The maximum Gasteiger partial charge on any atom is 0.408 e. The fourth-order valence-corrected chi connectivity index (χ4v) is 4.71. The minimum atomic E-state index is -1.39. The first-order chi connectivity index (χ1) is 16.9. The molecule has 1 aliphatic carbocycles. The summed E-state index contributed by atoms with van der Waals surface area (Å²) in [4.78, 5) is 37.4. The topological polar surface area (TPSA) is 132 Å². The van der Waals surface area contributed by atoms with Crippen LogP contribution >= 0.6 is 0 Å². The first-order valence-electron chi connectivity index (χ1n) is 11.2. The highest BCUT2D eigenvalue weighted by atomic mass is 16.6. The molecule has 1 atom stereocenters. The second-order valence-electron chi connectivity index (χ2n) is 8.66. The number of nitrogens with zero attached hydrogens (tertiary/aromatic N) is 2. The number of aromatic carboxylic acids is 1. The molecule has 0 bridgehead atoms. The van der Waals surface area contributed by atoms with Crippen LogP contribution in [0.1, 0.15) is 34.0 Å². The average molecular weight is 476 g/mol. The second-order valence-corrected chi connectivity index (χ2v) is 8.66. The Labute approximate surface area is 200 Å². The Balaban J connectivity index is 1.30. The molecule has 1 saturated heterocycles. The number of carboxylic acid groups (broad SMARTS) is 1. The van der Waals surface area contributed by atoms with Crippen LogP contribution in [0.3, 0.4) is 0 Å². The number of ether oxygens (including phenoxy) is 2. The number of rotatable bonds is 6. The van der Waals surface area contributed by atoms with Crippen molar-refractivity contribution in [1.82, 2.24) is 15.1 Å². The number of aromatic nitrogens is 2. The zero-order chi connectivity index (χ0) is 24.6. The standard InChI is InChI=1S/C25H24N4O6/c1-29-12-20(21(28-29)22(30)31)26-23(32)25(10-11-34-14-25)27-24(33)35-13-19-17-8-4-2-6-15(17)16-7-3-5-9-18(16)19/h2-9,12,19H,10-11,13-14H2,1H3,(H,26,32)(H,27,33)(H,30,31). The maximum absolute atomic E-state index is 13.2. The highest BCUT2D eigenvalue weighted by molar-refractivity contribution is 6.04. The van der Waals surface area contributed by atoms with Gasteiger partial charge in [-0.15, -0.1) is 0 Å². The van der Waals surface area contributed by atoms with E-state index in [0.29, 0.717) is 0 Å². The lowest BCUT2D eigenvalue weighted by Crippen LogP contribution is -2.57. The van der Waals surface area contributed by atoms with Gasteiger partial charge in [0, 0.05) is 32.2 Å². The van der Waals surface area contributed by atoms with Gasteiger partial charge in [-0.1, -0.05) is 48.5 Å². The molecular formula is C25H24N4O6. The Morgan fingerprint density at radius 1 is 1.14 bits per heavy atom. The molecule has 10 heteroatoms. The predicted octanol–water partition coefficient (Wildman–Crippen LogP) is 2.75. The van der Waals surface area contributed by atoms with Crippen LogP contribution in [-0.2, 0) is 21.3 Å². The number of benzene rings is 2. The van der Waals surface area contributed by atoms with Gasteiger partial charge in [0.2, 0.25) is 0 Å². The summed E-state index contributed by atoms with van der Waals surface area (Å²) in [5.41, 5.74) is 2.73. The summed E-state index contributed by atoms with van der Waals surface area (Å²) in [5.74, 6) is -1.99. The van der Waals surface area contributed by atoms with Gasteiger partial charge in [0.1, 0.15) is 12.1 Å². The Bertz CT molecular complexity index is 1270. The number of carboxylic acids is 1. The largest absolute Gasteiger partial charge is 0.476 e. The number of hydrogen-bond acceptors (Lipinski definition) is 6. The Kier molecular flexibility index (Phi) is 5.73. The van der Waals surface area contributed by atoms with Gasteiger partial charge in [0.25, 0.3) is 5.91 Å². The molecule has 2 amide bonds. The van der Waals surface area contributed by atoms with Gasteiger partial charge in [-0.3, -0.25) is 9.48 Å². The van der Waals surface area contributed by atoms with E-state index in [1.165, 1.54) is 10.9 Å². The molecule has 180 valence electrons. The Morgan fingerprint density at radius 3 is 2.40 bits per heavy atom. The van der Waals surface area contributed by atoms with Crippen molar-refractivity contribution in [2.24, 2.45) is 7.05 Å². The number of carbonyl (C=O) groups is 3. The van der Waals surface area contributed by atoms with E-state index in [9.17, 15) is 19.5 Å². The number of alkyl carbamates (subject to hydrolysis) is 1. The lowest BCUT2D eigenvalue weighted by atomic mass is 9.97. The first kappa shape index (κ1) is 22.6. The van der Waals surface area contributed by atoms with E-state index >= 15 is 0 Å². The molecule has 3 aromatic rings. The van der Waals surface area contributed by atoms with Crippen molar-refractivity contribution in [3.05, 3.63) is 71.5 Å². The summed E-state index contributed by atoms with van der Waals surface area (Å²) in [5, 5.41) is 18.4. The number of fused-ring (bicyclic) bond motifs is 3. The summed E-state index contributed by atoms with van der Waals surface area (Å²) in [7, 11) is 1.55. The molecular weight excluding hydrogens is 452 g/mol. The quantitative estimate of drug-likeness (QED) is 0.498. The van der Waals surface area contributed by atoms with E-state index in [1.807, 2.05) is 48.5 Å². The third kappa shape index (κ3) is 4.12. The minimum Gasteiger partial charge on any atom is -0.476 e. The third-order valence-electron chi connectivity index (χ3n) is 6.42. The molecule has 1 aromatic heterocycles. The SMILES string of the molecule is Cn1cc(NC(=O)C2(NC(=O)OCC3c4ccccc4-c4ccccc43)CCOC2)c(C(=O)O)n1. The number of hydrogen-bond donors (Lipinski definition) is 3. The van der Waals surface area contributed by atoms with Crippen LogP contribution in [0.4, 0.5) is 10.5 Å². The number of nitrogens with one attached hydrogen (secondary N) is 2. The van der Waals surface area contributed by atoms with Gasteiger partial charge >= 0.3 is 12.1 Å². The zero-order valence-corrected chi connectivity index (χ0v) is 19.0. The molecule has 0 radical (unpaired) electrons. The van der Waals surface area contributed by atoms with Gasteiger partial charge in [-0.05, 0) is 22.3 Å². The first-order valence-corrected chi connectivity index (χ1v) is 11.2. The predicted molar refractivity (Wildman–Crippen MR) is 125 cm³/mol. The molecule has 5 rings (SSSR count). The molecule has 0 saturated carbocycles. The Hall–Kier alpha value is -4.18. The van der Waals surface area contributed by atoms with E-state index in [1.54, 1.807) is 7.05 Å². The summed E-state index contributed by atoms with van der Waals surface area (Å²) in [6.45, 7) is 0.297. The highest BCUT2D eigenvalue weighted by Gasteiger charge is 2.45. The van der Waals surface area contributed by atoms with Crippen molar-refractivity contribution >= 4 is 23.7 Å². The van der Waals surface area contributed by atoms with Crippen LogP contribution in [0.5, 0.6) is 0 Å². The molecule has 3 N–H and O–H groups in total. The summed E-state index contributed by atoms with van der Waals surface area (Å²) < 4.78 is 12.3. The van der Waals surface area contributed by atoms with Crippen LogP contribution in [0.2, 0.25) is 0 Å². The van der Waals surface area contributed by atoms with E-state index in [0.717, 1.165) is 22.3 Å². The van der Waals surface area contributed by atoms with E-state index < -0.39 is 23.5 Å². The Morgan fingerprint density at radius 2 is 1.80 bits per heavy atom. The molecule has 0 spiro atoms. The van der Waals surface area contributed by atoms with Crippen molar-refractivity contribution in [2.75, 3.05) is 25.1 Å². The van der Waals surface area contributed by atoms with Crippen LogP contribution in [-0.4, -0.2) is 58.2 Å². The monoisotopic (exact) mass is 476 g/mol. The van der Waals surface area contributed by atoms with E-state index in [-0.39, 0.29) is 43.5 Å². The number of anilines is 1. The van der Waals surface area contributed by atoms with Crippen molar-refractivity contribution < 1.29 is 29.0 Å². The van der Waals surface area contributed by atoms with Crippen molar-refractivity contribution in [3.8, 4) is 11.1 Å². The minimum absolute atomic E-state index is 0.0330. The molecule has 1 fully saturated rings. The second kappa shape index (κ2) is 8.88. The molecule has 2 aliphatic rings. The van der Waals surface area contributed by atoms with Gasteiger partial charge in [0.15, 0.2) is 5.69 Å². The summed E-state index contributed by atoms with van der Waals surface area (Å²) in [6.07, 6.45) is 0.848. The molecule has 2 aromatic carbocycles. The van der Waals surface area contributed by atoms with Crippen LogP contribution in [0, 0.1) is 0 Å². The lowest BCUT2D eigenvalue weighted by molar-refractivity contribution is -0.122. The van der Waals surface area contributed by atoms with E-state index in [4.69, 9.17) is 9.47 Å². The molecule has 1 aliphatic heterocycles. The maximum atomic E-state index is 13.2. The fourth-order valence-electron chi connectivity index (χ4n) is 4.71. The molecule has 2 heterocycles. The summed E-state index contributed by atoms with van der Waals surface area (Å²) in [6, 6.07) is 16.0. The zero-order valence-electron chi connectivity index (χ0n) is 19.0. The molecule has 35 heavy (non-hydrogen) atoms. The summed E-state index contributed by atoms with van der Waals surface area (Å²) >= 11 is 0. The molecule has 1 unspecified atom stereocenters. The average Bonchev–Trinajstić information content (AvgIpc) is 3.54.